The summed E-state index contributed by atoms with van der Waals surface area (Å²) in [5, 5.41) is 4.20. The zero-order valence-corrected chi connectivity index (χ0v) is 13.7. The molecule has 0 spiro atoms. The van der Waals surface area contributed by atoms with Gasteiger partial charge in [-0.25, -0.2) is 0 Å². The van der Waals surface area contributed by atoms with Gasteiger partial charge in [-0.1, -0.05) is 18.2 Å². The second-order valence-corrected chi connectivity index (χ2v) is 6.47. The van der Waals surface area contributed by atoms with Crippen LogP contribution in [0.2, 0.25) is 0 Å². The molecular formula is C20H20N2O2. The number of rotatable bonds is 3. The van der Waals surface area contributed by atoms with E-state index in [1.807, 2.05) is 42.5 Å². The first-order valence-corrected chi connectivity index (χ1v) is 8.26. The third kappa shape index (κ3) is 2.93. The Morgan fingerprint density at radius 2 is 1.92 bits per heavy atom. The molecule has 1 fully saturated rings. The normalized spacial score (nSPS) is 18.1. The number of furan rings is 1. The van der Waals surface area contributed by atoms with E-state index in [9.17, 15) is 4.79 Å². The SMILES string of the molecule is CN1CC[C@@H](NC(=O)c2ccc(-c3ccc4occc4c3)cc2)C1. The predicted octanol–water partition coefficient (Wildman–Crippen LogP) is 3.53. The number of carbonyl (C=O) groups excluding carboxylic acids is 1. The van der Waals surface area contributed by atoms with E-state index in [2.05, 4.69) is 23.3 Å². The quantitative estimate of drug-likeness (QED) is 0.803. The van der Waals surface area contributed by atoms with Gasteiger partial charge in [0.05, 0.1) is 6.26 Å². The van der Waals surface area contributed by atoms with Gasteiger partial charge >= 0.3 is 0 Å². The lowest BCUT2D eigenvalue weighted by Crippen LogP contribution is -2.36. The molecule has 1 N–H and O–H groups in total. The molecule has 1 aliphatic heterocycles. The van der Waals surface area contributed by atoms with Gasteiger partial charge in [-0.05, 0) is 61.5 Å². The average molecular weight is 320 g/mol. The van der Waals surface area contributed by atoms with Crippen molar-refractivity contribution in [2.24, 2.45) is 0 Å². The lowest BCUT2D eigenvalue weighted by Gasteiger charge is -2.13. The van der Waals surface area contributed by atoms with E-state index in [0.29, 0.717) is 5.56 Å². The molecule has 1 aliphatic rings. The number of benzene rings is 2. The van der Waals surface area contributed by atoms with E-state index in [-0.39, 0.29) is 11.9 Å². The molecule has 1 aromatic heterocycles. The van der Waals surface area contributed by atoms with Gasteiger partial charge in [-0.3, -0.25) is 4.79 Å². The Kier molecular flexibility index (Phi) is 3.82. The number of hydrogen-bond acceptors (Lipinski definition) is 3. The van der Waals surface area contributed by atoms with E-state index in [1.165, 1.54) is 0 Å². The van der Waals surface area contributed by atoms with Crippen molar-refractivity contribution in [3.8, 4) is 11.1 Å². The first kappa shape index (κ1) is 15.0. The van der Waals surface area contributed by atoms with Crippen LogP contribution in [-0.2, 0) is 0 Å². The molecule has 0 bridgehead atoms. The van der Waals surface area contributed by atoms with Crippen LogP contribution < -0.4 is 5.32 Å². The minimum Gasteiger partial charge on any atom is -0.464 e. The molecule has 4 heteroatoms. The molecule has 1 amide bonds. The lowest BCUT2D eigenvalue weighted by molar-refractivity contribution is 0.0938. The van der Waals surface area contributed by atoms with E-state index in [4.69, 9.17) is 4.42 Å². The number of nitrogens with zero attached hydrogens (tertiary/aromatic N) is 1. The summed E-state index contributed by atoms with van der Waals surface area (Å²) in [4.78, 5) is 14.6. The van der Waals surface area contributed by atoms with Crippen LogP contribution in [0.15, 0.2) is 59.2 Å². The topological polar surface area (TPSA) is 45.5 Å². The first-order chi connectivity index (χ1) is 11.7. The number of fused-ring (bicyclic) bond motifs is 1. The smallest absolute Gasteiger partial charge is 0.251 e. The van der Waals surface area contributed by atoms with Gasteiger partial charge in [0, 0.05) is 23.5 Å². The van der Waals surface area contributed by atoms with Gasteiger partial charge in [0.1, 0.15) is 5.58 Å². The number of hydrogen-bond donors (Lipinski definition) is 1. The molecule has 1 saturated heterocycles. The molecule has 0 unspecified atom stereocenters. The summed E-state index contributed by atoms with van der Waals surface area (Å²) in [6, 6.07) is 16.1. The van der Waals surface area contributed by atoms with E-state index in [0.717, 1.165) is 41.6 Å². The molecule has 3 aromatic rings. The number of likely N-dealkylation sites (N-methyl/N-ethyl adjacent to an activating group) is 1. The number of carbonyl (C=O) groups is 1. The van der Waals surface area contributed by atoms with Crippen molar-refractivity contribution in [1.29, 1.82) is 0 Å². The monoisotopic (exact) mass is 320 g/mol. The maximum Gasteiger partial charge on any atom is 0.251 e. The van der Waals surface area contributed by atoms with Gasteiger partial charge in [0.2, 0.25) is 0 Å². The molecule has 4 nitrogen and oxygen atoms in total. The zero-order chi connectivity index (χ0) is 16.5. The summed E-state index contributed by atoms with van der Waals surface area (Å²) in [7, 11) is 2.08. The summed E-state index contributed by atoms with van der Waals surface area (Å²) >= 11 is 0. The highest BCUT2D eigenvalue weighted by Gasteiger charge is 2.21. The van der Waals surface area contributed by atoms with Crippen LogP contribution in [0.1, 0.15) is 16.8 Å². The highest BCUT2D eigenvalue weighted by molar-refractivity contribution is 5.95. The lowest BCUT2D eigenvalue weighted by atomic mass is 10.0. The van der Waals surface area contributed by atoms with Crippen LogP contribution in [0, 0.1) is 0 Å². The molecule has 122 valence electrons. The molecule has 0 radical (unpaired) electrons. The third-order valence-corrected chi connectivity index (χ3v) is 4.66. The summed E-state index contributed by atoms with van der Waals surface area (Å²) in [6.07, 6.45) is 2.72. The second-order valence-electron chi connectivity index (χ2n) is 6.47. The summed E-state index contributed by atoms with van der Waals surface area (Å²) in [6.45, 7) is 1.97. The van der Waals surface area contributed by atoms with Crippen LogP contribution >= 0.6 is 0 Å². The van der Waals surface area contributed by atoms with Crippen LogP contribution in [0.5, 0.6) is 0 Å². The maximum atomic E-state index is 12.4. The van der Waals surface area contributed by atoms with Crippen LogP contribution in [0.3, 0.4) is 0 Å². The number of nitrogens with one attached hydrogen (secondary N) is 1. The molecular weight excluding hydrogens is 300 g/mol. The van der Waals surface area contributed by atoms with Crippen LogP contribution in [-0.4, -0.2) is 37.0 Å². The minimum absolute atomic E-state index is 0.00661. The van der Waals surface area contributed by atoms with E-state index >= 15 is 0 Å². The number of amides is 1. The van der Waals surface area contributed by atoms with Crippen molar-refractivity contribution in [1.82, 2.24) is 10.2 Å². The average Bonchev–Trinajstić information content (AvgIpc) is 3.23. The zero-order valence-electron chi connectivity index (χ0n) is 13.7. The highest BCUT2D eigenvalue weighted by atomic mass is 16.3. The van der Waals surface area contributed by atoms with E-state index in [1.54, 1.807) is 6.26 Å². The Hall–Kier alpha value is -2.59. The largest absolute Gasteiger partial charge is 0.464 e. The fraction of sp³-hybridized carbons (Fsp3) is 0.250. The predicted molar refractivity (Wildman–Crippen MR) is 95.0 cm³/mol. The van der Waals surface area contributed by atoms with Gasteiger partial charge in [0.25, 0.3) is 5.91 Å². The minimum atomic E-state index is 0.00661. The molecule has 0 saturated carbocycles. The second kappa shape index (κ2) is 6.13. The molecule has 2 aromatic carbocycles. The van der Waals surface area contributed by atoms with Crippen molar-refractivity contribution in [3.05, 3.63) is 60.4 Å². The molecule has 2 heterocycles. The molecule has 0 aliphatic carbocycles. The molecule has 1 atom stereocenters. The van der Waals surface area contributed by atoms with Crippen molar-refractivity contribution >= 4 is 16.9 Å². The standard InChI is InChI=1S/C20H20N2O2/c1-22-10-8-18(13-22)21-20(23)15-4-2-14(3-5-15)16-6-7-19-17(12-16)9-11-24-19/h2-7,9,11-12,18H,8,10,13H2,1H3,(H,21,23)/t18-/m1/s1. The van der Waals surface area contributed by atoms with Crippen LogP contribution in [0.25, 0.3) is 22.1 Å². The van der Waals surface area contributed by atoms with E-state index < -0.39 is 0 Å². The Morgan fingerprint density at radius 1 is 1.12 bits per heavy atom. The third-order valence-electron chi connectivity index (χ3n) is 4.66. The van der Waals surface area contributed by atoms with Gasteiger partial charge in [-0.2, -0.15) is 0 Å². The van der Waals surface area contributed by atoms with Gasteiger partial charge < -0.3 is 14.6 Å². The van der Waals surface area contributed by atoms with Gasteiger partial charge in [0.15, 0.2) is 0 Å². The number of likely N-dealkylation sites (tertiary alicyclic amines) is 1. The summed E-state index contributed by atoms with van der Waals surface area (Å²) < 4.78 is 5.37. The van der Waals surface area contributed by atoms with Crippen molar-refractivity contribution in [2.75, 3.05) is 20.1 Å². The van der Waals surface area contributed by atoms with Crippen molar-refractivity contribution in [3.63, 3.8) is 0 Å². The fourth-order valence-electron chi connectivity index (χ4n) is 3.28. The van der Waals surface area contributed by atoms with Crippen molar-refractivity contribution < 1.29 is 9.21 Å². The Morgan fingerprint density at radius 3 is 2.67 bits per heavy atom. The summed E-state index contributed by atoms with van der Waals surface area (Å²) in [5.74, 6) is 0.00661. The fourth-order valence-corrected chi connectivity index (χ4v) is 3.28. The maximum absolute atomic E-state index is 12.4. The molecule has 24 heavy (non-hydrogen) atoms. The Labute approximate surface area is 141 Å². The molecule has 4 rings (SSSR count). The first-order valence-electron chi connectivity index (χ1n) is 8.26. The van der Waals surface area contributed by atoms with Crippen LogP contribution in [0.4, 0.5) is 0 Å². The Bertz CT molecular complexity index is 867. The Balaban J connectivity index is 1.50. The van der Waals surface area contributed by atoms with Crippen molar-refractivity contribution in [2.45, 2.75) is 12.5 Å². The highest BCUT2D eigenvalue weighted by Crippen LogP contribution is 2.25. The summed E-state index contributed by atoms with van der Waals surface area (Å²) in [5.41, 5.74) is 3.80. The van der Waals surface area contributed by atoms with Gasteiger partial charge in [-0.15, -0.1) is 0 Å².